The van der Waals surface area contributed by atoms with E-state index in [0.29, 0.717) is 0 Å². The van der Waals surface area contributed by atoms with Crippen molar-refractivity contribution in [1.29, 1.82) is 0 Å². The van der Waals surface area contributed by atoms with E-state index < -0.39 is 0 Å². The lowest BCUT2D eigenvalue weighted by atomic mass is 10.1. The van der Waals surface area contributed by atoms with E-state index in [4.69, 9.17) is 0 Å². The summed E-state index contributed by atoms with van der Waals surface area (Å²) in [6, 6.07) is 18.5. The highest BCUT2D eigenvalue weighted by Gasteiger charge is 2.54. The maximum Gasteiger partial charge on any atom is 0.140 e. The van der Waals surface area contributed by atoms with Gasteiger partial charge in [-0.1, -0.05) is 30.3 Å². The first-order valence-corrected chi connectivity index (χ1v) is 7.82. The second kappa shape index (κ2) is 5.92. The van der Waals surface area contributed by atoms with Crippen molar-refractivity contribution in [3.8, 4) is 0 Å². The third kappa shape index (κ3) is 2.96. The number of benzene rings is 2. The molecule has 21 heavy (non-hydrogen) atoms. The van der Waals surface area contributed by atoms with Crippen LogP contribution in [0.2, 0.25) is 0 Å². The van der Waals surface area contributed by atoms with Gasteiger partial charge in [0.2, 0.25) is 0 Å². The van der Waals surface area contributed by atoms with Crippen LogP contribution in [0.3, 0.4) is 0 Å². The zero-order valence-corrected chi connectivity index (χ0v) is 12.7. The summed E-state index contributed by atoms with van der Waals surface area (Å²) < 4.78 is 3.36. The summed E-state index contributed by atoms with van der Waals surface area (Å²) in [5.74, 6) is 0.281. The number of rotatable bonds is 6. The molecule has 2 aromatic carbocycles. The highest BCUT2D eigenvalue weighted by molar-refractivity contribution is 8.00. The maximum atomic E-state index is 11.2. The van der Waals surface area contributed by atoms with E-state index in [9.17, 15) is 4.79 Å². The predicted octanol–water partition coefficient (Wildman–Crippen LogP) is 3.45. The first-order valence-electron chi connectivity index (χ1n) is 7.00. The van der Waals surface area contributed by atoms with E-state index in [1.807, 2.05) is 37.4 Å². The van der Waals surface area contributed by atoms with Gasteiger partial charge in [0.15, 0.2) is 0 Å². The summed E-state index contributed by atoms with van der Waals surface area (Å²) in [5.41, 5.74) is 1.91. The number of nitrogens with one attached hydrogen (secondary N) is 2. The molecular weight excluding hydrogens is 280 g/mol. The van der Waals surface area contributed by atoms with E-state index in [1.54, 1.807) is 11.9 Å². The minimum absolute atomic E-state index is 0.281. The van der Waals surface area contributed by atoms with Crippen LogP contribution in [-0.2, 0) is 4.79 Å². The summed E-state index contributed by atoms with van der Waals surface area (Å²) in [4.78, 5) is 12.4. The first kappa shape index (κ1) is 14.2. The number of hydrogen-bond donors (Lipinski definition) is 2. The topological polar surface area (TPSA) is 41.1 Å². The maximum absolute atomic E-state index is 11.2. The Hall–Kier alpha value is -1.78. The van der Waals surface area contributed by atoms with E-state index in [2.05, 4.69) is 34.3 Å². The number of aldehydes is 1. The Labute approximate surface area is 129 Å². The first-order chi connectivity index (χ1) is 10.3. The zero-order valence-electron chi connectivity index (χ0n) is 11.9. The molecule has 2 N–H and O–H groups in total. The molecule has 0 saturated heterocycles. The van der Waals surface area contributed by atoms with Gasteiger partial charge in [-0.25, -0.2) is 0 Å². The van der Waals surface area contributed by atoms with Crippen LogP contribution in [-0.4, -0.2) is 18.9 Å². The van der Waals surface area contributed by atoms with Crippen LogP contribution in [0.1, 0.15) is 17.9 Å². The fourth-order valence-electron chi connectivity index (χ4n) is 2.58. The minimum Gasteiger partial charge on any atom is -0.326 e. The van der Waals surface area contributed by atoms with Gasteiger partial charge in [-0.15, -0.1) is 0 Å². The molecule has 108 valence electrons. The molecular formula is C17H18N2OS. The number of anilines is 1. The fourth-order valence-corrected chi connectivity index (χ4v) is 3.24. The van der Waals surface area contributed by atoms with Gasteiger partial charge in [-0.2, -0.15) is 0 Å². The lowest BCUT2D eigenvalue weighted by Gasteiger charge is -2.10. The van der Waals surface area contributed by atoms with Gasteiger partial charge in [-0.3, -0.25) is 0 Å². The molecule has 3 rings (SSSR count). The highest BCUT2D eigenvalue weighted by Crippen LogP contribution is 2.50. The van der Waals surface area contributed by atoms with Crippen molar-refractivity contribution < 1.29 is 4.79 Å². The Morgan fingerprint density at radius 2 is 2.00 bits per heavy atom. The summed E-state index contributed by atoms with van der Waals surface area (Å²) in [7, 11) is 1.85. The average molecular weight is 298 g/mol. The van der Waals surface area contributed by atoms with E-state index in [0.717, 1.165) is 18.4 Å². The molecule has 0 radical (unpaired) electrons. The van der Waals surface area contributed by atoms with Crippen molar-refractivity contribution in [3.05, 3.63) is 60.2 Å². The van der Waals surface area contributed by atoms with Crippen LogP contribution in [0.4, 0.5) is 5.69 Å². The molecule has 0 aliphatic heterocycles. The fraction of sp³-hybridized carbons (Fsp3) is 0.235. The van der Waals surface area contributed by atoms with Gasteiger partial charge < -0.3 is 14.8 Å². The van der Waals surface area contributed by atoms with Crippen molar-refractivity contribution in [1.82, 2.24) is 5.32 Å². The molecule has 0 spiro atoms. The Kier molecular flexibility index (Phi) is 3.99. The van der Waals surface area contributed by atoms with Gasteiger partial charge in [0, 0.05) is 16.5 Å². The lowest BCUT2D eigenvalue weighted by molar-refractivity contribution is -0.110. The number of likely N-dealkylation sites (N-methyl/N-ethyl adjacent to an activating group) is 1. The van der Waals surface area contributed by atoms with Crippen LogP contribution in [0.15, 0.2) is 59.5 Å². The molecule has 1 aliphatic carbocycles. The Balaban J connectivity index is 1.68. The summed E-state index contributed by atoms with van der Waals surface area (Å²) in [6.45, 7) is 0. The Morgan fingerprint density at radius 1 is 1.19 bits per heavy atom. The smallest absolute Gasteiger partial charge is 0.140 e. The van der Waals surface area contributed by atoms with Gasteiger partial charge in [-0.05, 0) is 55.2 Å². The second-order valence-corrected chi connectivity index (χ2v) is 6.19. The molecule has 2 atom stereocenters. The van der Waals surface area contributed by atoms with Crippen molar-refractivity contribution in [2.24, 2.45) is 0 Å². The lowest BCUT2D eigenvalue weighted by Crippen LogP contribution is -2.30. The molecule has 1 aliphatic rings. The number of carbonyl (C=O) groups is 1. The molecule has 2 unspecified atom stereocenters. The summed E-state index contributed by atoms with van der Waals surface area (Å²) in [5, 5.41) is 3.13. The van der Waals surface area contributed by atoms with Gasteiger partial charge >= 0.3 is 0 Å². The summed E-state index contributed by atoms with van der Waals surface area (Å²) in [6.07, 6.45) is 1.92. The van der Waals surface area contributed by atoms with E-state index >= 15 is 0 Å². The SMILES string of the molecule is CNC1(C=O)CC1c1cccc(NSc2ccccc2)c1. The van der Waals surface area contributed by atoms with Crippen LogP contribution in [0.25, 0.3) is 0 Å². The Morgan fingerprint density at radius 3 is 2.67 bits per heavy atom. The number of carbonyl (C=O) groups excluding carboxylic acids is 1. The van der Waals surface area contributed by atoms with Crippen molar-refractivity contribution >= 4 is 23.9 Å². The second-order valence-electron chi connectivity index (χ2n) is 5.31. The Bertz CT molecular complexity index is 632. The standard InChI is InChI=1S/C17H18N2OS/c1-18-17(12-20)11-16(17)13-6-5-7-14(10-13)19-21-15-8-3-2-4-9-15/h2-10,12,16,18-19H,11H2,1H3. The third-order valence-corrected chi connectivity index (χ3v) is 4.84. The normalized spacial score (nSPS) is 23.6. The van der Waals surface area contributed by atoms with E-state index in [-0.39, 0.29) is 11.5 Å². The van der Waals surface area contributed by atoms with Gasteiger partial charge in [0.25, 0.3) is 0 Å². The zero-order chi connectivity index (χ0) is 14.7. The molecule has 0 bridgehead atoms. The van der Waals surface area contributed by atoms with Crippen LogP contribution in [0.5, 0.6) is 0 Å². The molecule has 1 saturated carbocycles. The minimum atomic E-state index is -0.356. The molecule has 2 aromatic rings. The van der Waals surface area contributed by atoms with Crippen molar-refractivity contribution in [3.63, 3.8) is 0 Å². The molecule has 0 aromatic heterocycles. The quantitative estimate of drug-likeness (QED) is 0.633. The van der Waals surface area contributed by atoms with E-state index in [1.165, 1.54) is 10.5 Å². The molecule has 0 heterocycles. The highest BCUT2D eigenvalue weighted by atomic mass is 32.2. The molecule has 1 fully saturated rings. The number of hydrogen-bond acceptors (Lipinski definition) is 4. The van der Waals surface area contributed by atoms with Crippen molar-refractivity contribution in [2.75, 3.05) is 11.8 Å². The van der Waals surface area contributed by atoms with Crippen molar-refractivity contribution in [2.45, 2.75) is 22.8 Å². The van der Waals surface area contributed by atoms with Crippen LogP contribution < -0.4 is 10.0 Å². The molecule has 4 heteroatoms. The monoisotopic (exact) mass is 298 g/mol. The molecule has 0 amide bonds. The average Bonchev–Trinajstić information content (AvgIpc) is 3.30. The summed E-state index contributed by atoms with van der Waals surface area (Å²) >= 11 is 1.59. The van der Waals surface area contributed by atoms with Crippen LogP contribution in [0, 0.1) is 0 Å². The van der Waals surface area contributed by atoms with Gasteiger partial charge in [0.1, 0.15) is 6.29 Å². The largest absolute Gasteiger partial charge is 0.326 e. The predicted molar refractivity (Wildman–Crippen MR) is 87.6 cm³/mol. The van der Waals surface area contributed by atoms with Gasteiger partial charge in [0.05, 0.1) is 5.54 Å². The third-order valence-electron chi connectivity index (χ3n) is 4.00. The van der Waals surface area contributed by atoms with Crippen LogP contribution >= 0.6 is 11.9 Å². The molecule has 3 nitrogen and oxygen atoms in total.